The monoisotopic (exact) mass is 739 g/mol. The largest absolute Gasteiger partial charge is 0.310 e. The summed E-state index contributed by atoms with van der Waals surface area (Å²) in [5, 5.41) is 0. The van der Waals surface area contributed by atoms with Crippen LogP contribution in [-0.2, 0) is 29.1 Å². The molecule has 0 saturated heterocycles. The Hall–Kier alpha value is -5.66. The summed E-state index contributed by atoms with van der Waals surface area (Å²) in [4.78, 5) is 2.60. The van der Waals surface area contributed by atoms with Gasteiger partial charge in [0.1, 0.15) is 0 Å². The highest BCUT2D eigenvalue weighted by atomic mass is 15.1. The number of rotatable bonds is 6. The Morgan fingerprint density at radius 1 is 0.456 bits per heavy atom. The zero-order valence-electron chi connectivity index (χ0n) is 34.2. The van der Waals surface area contributed by atoms with E-state index < -0.39 is 5.41 Å². The van der Waals surface area contributed by atoms with Gasteiger partial charge in [-0.15, -0.1) is 0 Å². The van der Waals surface area contributed by atoms with Crippen molar-refractivity contribution < 1.29 is 0 Å². The predicted octanol–water partition coefficient (Wildman–Crippen LogP) is 14.7. The number of anilines is 3. The molecule has 0 unspecified atom stereocenters. The number of fused-ring (bicyclic) bond motifs is 5. The molecule has 0 amide bonds. The van der Waals surface area contributed by atoms with Gasteiger partial charge in [-0.1, -0.05) is 149 Å². The van der Waals surface area contributed by atoms with Crippen LogP contribution in [0, 0.1) is 6.92 Å². The molecular formula is C56H53N. The maximum atomic E-state index is 2.61. The van der Waals surface area contributed by atoms with Crippen molar-refractivity contribution in [2.75, 3.05) is 4.90 Å². The molecule has 7 aromatic carbocycles. The van der Waals surface area contributed by atoms with Gasteiger partial charge in [-0.25, -0.2) is 0 Å². The molecule has 1 heteroatoms. The number of benzene rings is 7. The molecule has 0 heterocycles. The van der Waals surface area contributed by atoms with Crippen molar-refractivity contribution >= 4 is 17.1 Å². The summed E-state index contributed by atoms with van der Waals surface area (Å²) in [6.07, 6.45) is 7.13. The van der Waals surface area contributed by atoms with Crippen LogP contribution in [0.25, 0.3) is 22.3 Å². The lowest BCUT2D eigenvalue weighted by atomic mass is 9.63. The Labute approximate surface area is 340 Å². The topological polar surface area (TPSA) is 3.24 Å². The second kappa shape index (κ2) is 13.5. The van der Waals surface area contributed by atoms with Crippen molar-refractivity contribution in [1.82, 2.24) is 0 Å². The fourth-order valence-electron chi connectivity index (χ4n) is 10.9. The minimum Gasteiger partial charge on any atom is -0.310 e. The highest BCUT2D eigenvalue weighted by Crippen LogP contribution is 2.59. The first-order valence-corrected chi connectivity index (χ1v) is 21.2. The van der Waals surface area contributed by atoms with Gasteiger partial charge in [0.15, 0.2) is 0 Å². The molecule has 1 nitrogen and oxygen atoms in total. The fraction of sp³-hybridized carbons (Fsp3) is 0.250. The Bertz CT molecular complexity index is 2590. The normalized spacial score (nSPS) is 16.9. The van der Waals surface area contributed by atoms with E-state index in [2.05, 4.69) is 197 Å². The van der Waals surface area contributed by atoms with Crippen molar-refractivity contribution in [3.8, 4) is 22.3 Å². The molecule has 0 saturated carbocycles. The minimum atomic E-state index is -0.503. The van der Waals surface area contributed by atoms with Gasteiger partial charge in [-0.3, -0.25) is 0 Å². The summed E-state index contributed by atoms with van der Waals surface area (Å²) in [6, 6.07) is 60.3. The smallest absolute Gasteiger partial charge is 0.0714 e. The summed E-state index contributed by atoms with van der Waals surface area (Å²) in [6.45, 7) is 12.1. The van der Waals surface area contributed by atoms with E-state index in [0.717, 1.165) is 12.8 Å². The number of aryl methyl sites for hydroxylation is 2. The van der Waals surface area contributed by atoms with Crippen LogP contribution < -0.4 is 4.90 Å². The summed E-state index contributed by atoms with van der Waals surface area (Å²) in [5.74, 6) is 0. The van der Waals surface area contributed by atoms with Crippen LogP contribution >= 0.6 is 0 Å². The number of para-hydroxylation sites is 1. The molecule has 0 atom stereocenters. The van der Waals surface area contributed by atoms with E-state index in [9.17, 15) is 0 Å². The Morgan fingerprint density at radius 2 is 1.07 bits per heavy atom. The lowest BCUT2D eigenvalue weighted by Crippen LogP contribution is -2.34. The molecule has 0 aliphatic heterocycles. The minimum absolute atomic E-state index is 0.0799. The first-order chi connectivity index (χ1) is 27.7. The summed E-state index contributed by atoms with van der Waals surface area (Å²) in [5.41, 5.74) is 21.3. The van der Waals surface area contributed by atoms with Gasteiger partial charge in [-0.05, 0) is 159 Å². The van der Waals surface area contributed by atoms with E-state index >= 15 is 0 Å². The first-order valence-electron chi connectivity index (χ1n) is 21.2. The van der Waals surface area contributed by atoms with Crippen LogP contribution in [0.15, 0.2) is 158 Å². The maximum absolute atomic E-state index is 2.61. The van der Waals surface area contributed by atoms with Gasteiger partial charge in [0.2, 0.25) is 0 Å². The van der Waals surface area contributed by atoms with Crippen LogP contribution in [-0.4, -0.2) is 0 Å². The molecule has 10 rings (SSSR count). The molecule has 3 aliphatic rings. The standard InChI is InChI=1S/C56H53N/c1-38-29-30-39-19-15-16-26-44(39)53(38)47-36-46-45-27-17-18-28-48(45)56(40-20-9-6-10-21-40,41-22-11-7-12-23-41)50(46)37-52(47)57(42-24-13-8-14-25-42)43-31-32-49-51(35-43)55(4,5)34-33-54(49,2)3/h6-14,17-18,20-25,27-32,35-37H,15-16,19,26,33-34H2,1-5H3. The lowest BCUT2D eigenvalue weighted by molar-refractivity contribution is 0.332. The molecule has 7 aromatic rings. The van der Waals surface area contributed by atoms with Crippen LogP contribution in [0.3, 0.4) is 0 Å². The van der Waals surface area contributed by atoms with Crippen molar-refractivity contribution in [3.63, 3.8) is 0 Å². The predicted molar refractivity (Wildman–Crippen MR) is 241 cm³/mol. The van der Waals surface area contributed by atoms with E-state index in [1.54, 1.807) is 0 Å². The quantitative estimate of drug-likeness (QED) is 0.164. The third-order valence-electron chi connectivity index (χ3n) is 13.9. The number of hydrogen-bond donors (Lipinski definition) is 0. The second-order valence-electron chi connectivity index (χ2n) is 18.2. The van der Waals surface area contributed by atoms with E-state index in [1.165, 1.54) is 115 Å². The van der Waals surface area contributed by atoms with Gasteiger partial charge >= 0.3 is 0 Å². The highest BCUT2D eigenvalue weighted by Gasteiger charge is 2.47. The summed E-state index contributed by atoms with van der Waals surface area (Å²) >= 11 is 0. The Kier molecular flexibility index (Phi) is 8.45. The molecule has 0 fully saturated rings. The zero-order chi connectivity index (χ0) is 38.9. The van der Waals surface area contributed by atoms with Crippen LogP contribution in [0.2, 0.25) is 0 Å². The third-order valence-corrected chi connectivity index (χ3v) is 13.9. The molecular weight excluding hydrogens is 687 g/mol. The molecule has 3 aliphatic carbocycles. The third kappa shape index (κ3) is 5.57. The molecule has 0 spiro atoms. The van der Waals surface area contributed by atoms with Crippen molar-refractivity contribution in [2.45, 2.75) is 89.4 Å². The van der Waals surface area contributed by atoms with Gasteiger partial charge in [-0.2, -0.15) is 0 Å². The maximum Gasteiger partial charge on any atom is 0.0714 e. The summed E-state index contributed by atoms with van der Waals surface area (Å²) in [7, 11) is 0. The van der Waals surface area contributed by atoms with Gasteiger partial charge in [0, 0.05) is 16.9 Å². The number of hydrogen-bond acceptors (Lipinski definition) is 1. The van der Waals surface area contributed by atoms with E-state index in [1.807, 2.05) is 0 Å². The average molecular weight is 740 g/mol. The summed E-state index contributed by atoms with van der Waals surface area (Å²) < 4.78 is 0. The van der Waals surface area contributed by atoms with Crippen molar-refractivity contribution in [1.29, 1.82) is 0 Å². The van der Waals surface area contributed by atoms with Gasteiger partial charge in [0.25, 0.3) is 0 Å². The SMILES string of the molecule is Cc1ccc2c(c1-c1cc3c(cc1N(c1ccccc1)c1ccc4c(c1)C(C)(C)CCC4(C)C)C(c1ccccc1)(c1ccccc1)c1ccccc1-3)CCCC2. The Balaban J connectivity index is 1.36. The second-order valence-corrected chi connectivity index (χ2v) is 18.2. The van der Waals surface area contributed by atoms with Crippen molar-refractivity contribution in [3.05, 3.63) is 208 Å². The highest BCUT2D eigenvalue weighted by molar-refractivity contribution is 5.98. The van der Waals surface area contributed by atoms with E-state index in [0.29, 0.717) is 0 Å². The molecule has 57 heavy (non-hydrogen) atoms. The van der Waals surface area contributed by atoms with Crippen molar-refractivity contribution in [2.24, 2.45) is 0 Å². The van der Waals surface area contributed by atoms with Gasteiger partial charge in [0.05, 0.1) is 11.1 Å². The van der Waals surface area contributed by atoms with Crippen LogP contribution in [0.4, 0.5) is 17.1 Å². The molecule has 0 radical (unpaired) electrons. The van der Waals surface area contributed by atoms with Gasteiger partial charge < -0.3 is 4.90 Å². The molecule has 0 N–H and O–H groups in total. The Morgan fingerprint density at radius 3 is 1.77 bits per heavy atom. The van der Waals surface area contributed by atoms with Crippen LogP contribution in [0.1, 0.15) is 103 Å². The van der Waals surface area contributed by atoms with E-state index in [4.69, 9.17) is 0 Å². The molecule has 282 valence electrons. The van der Waals surface area contributed by atoms with Crippen LogP contribution in [0.5, 0.6) is 0 Å². The first kappa shape index (κ1) is 35.7. The number of nitrogens with zero attached hydrogens (tertiary/aromatic N) is 1. The zero-order valence-corrected chi connectivity index (χ0v) is 34.2. The van der Waals surface area contributed by atoms with E-state index in [-0.39, 0.29) is 10.8 Å². The molecule has 0 bridgehead atoms. The lowest BCUT2D eigenvalue weighted by Gasteiger charge is -2.42. The average Bonchev–Trinajstić information content (AvgIpc) is 3.53. The fourth-order valence-corrected chi connectivity index (χ4v) is 10.9. The molecule has 0 aromatic heterocycles.